The van der Waals surface area contributed by atoms with Crippen LogP contribution in [0.4, 0.5) is 0 Å². The van der Waals surface area contributed by atoms with E-state index in [4.69, 9.17) is 4.74 Å². The van der Waals surface area contributed by atoms with Crippen molar-refractivity contribution in [2.24, 2.45) is 18.0 Å². The molecule has 0 unspecified atom stereocenters. The highest BCUT2D eigenvalue weighted by atomic mass is 16.5. The molecule has 146 valence electrons. The van der Waals surface area contributed by atoms with Crippen molar-refractivity contribution in [3.63, 3.8) is 0 Å². The standard InChI is InChI=1S/C21H31N5O/c1-15-19(16(2)26(4)25-15)11-12-23-21(22-3)24-13-18-7-5-6-8-20(18)27-14-17-9-10-17/h5-8,17H,9-14H2,1-4H3,(H2,22,23,24). The van der Waals surface area contributed by atoms with Gasteiger partial charge in [-0.15, -0.1) is 0 Å². The van der Waals surface area contributed by atoms with E-state index in [-0.39, 0.29) is 0 Å². The first-order valence-electron chi connectivity index (χ1n) is 9.72. The summed E-state index contributed by atoms with van der Waals surface area (Å²) in [6.45, 7) is 6.50. The summed E-state index contributed by atoms with van der Waals surface area (Å²) in [5.41, 5.74) is 4.78. The molecular weight excluding hydrogens is 338 g/mol. The van der Waals surface area contributed by atoms with Crippen molar-refractivity contribution in [3.05, 3.63) is 46.8 Å². The molecule has 0 amide bonds. The van der Waals surface area contributed by atoms with Crippen molar-refractivity contribution in [3.8, 4) is 5.75 Å². The van der Waals surface area contributed by atoms with Gasteiger partial charge in [-0.25, -0.2) is 0 Å². The highest BCUT2D eigenvalue weighted by molar-refractivity contribution is 5.79. The van der Waals surface area contributed by atoms with Gasteiger partial charge in [-0.2, -0.15) is 5.10 Å². The molecular formula is C21H31N5O. The van der Waals surface area contributed by atoms with E-state index in [1.807, 2.05) is 29.9 Å². The number of ether oxygens (including phenoxy) is 1. The van der Waals surface area contributed by atoms with Crippen molar-refractivity contribution < 1.29 is 4.74 Å². The zero-order valence-corrected chi connectivity index (χ0v) is 16.9. The first-order valence-corrected chi connectivity index (χ1v) is 9.72. The summed E-state index contributed by atoms with van der Waals surface area (Å²) in [4.78, 5) is 4.33. The monoisotopic (exact) mass is 369 g/mol. The van der Waals surface area contributed by atoms with Gasteiger partial charge in [0.2, 0.25) is 0 Å². The average Bonchev–Trinajstić information content (AvgIpc) is 3.46. The van der Waals surface area contributed by atoms with Crippen molar-refractivity contribution in [1.82, 2.24) is 20.4 Å². The summed E-state index contributed by atoms with van der Waals surface area (Å²) in [6, 6.07) is 8.22. The molecule has 1 aliphatic carbocycles. The van der Waals surface area contributed by atoms with Crippen LogP contribution in [0.15, 0.2) is 29.3 Å². The summed E-state index contributed by atoms with van der Waals surface area (Å²) in [5, 5.41) is 11.3. The van der Waals surface area contributed by atoms with Gasteiger partial charge in [0, 0.05) is 38.4 Å². The average molecular weight is 370 g/mol. The Kier molecular flexibility index (Phi) is 6.37. The molecule has 3 rings (SSSR count). The predicted molar refractivity (Wildman–Crippen MR) is 109 cm³/mol. The number of aliphatic imine (C=N–C) groups is 1. The maximum Gasteiger partial charge on any atom is 0.191 e. The predicted octanol–water partition coefficient (Wildman–Crippen LogP) is 2.73. The van der Waals surface area contributed by atoms with Gasteiger partial charge < -0.3 is 15.4 Å². The SMILES string of the molecule is CN=C(NCCc1c(C)nn(C)c1C)NCc1ccccc1OCC1CC1. The van der Waals surface area contributed by atoms with Crippen molar-refractivity contribution in [2.75, 3.05) is 20.2 Å². The third-order valence-electron chi connectivity index (χ3n) is 5.14. The number of hydrogen-bond acceptors (Lipinski definition) is 3. The zero-order chi connectivity index (χ0) is 19.2. The molecule has 6 heteroatoms. The van der Waals surface area contributed by atoms with E-state index in [0.29, 0.717) is 6.54 Å². The lowest BCUT2D eigenvalue weighted by molar-refractivity contribution is 0.296. The van der Waals surface area contributed by atoms with Crippen molar-refractivity contribution in [2.45, 2.75) is 39.7 Å². The Morgan fingerprint density at radius 2 is 2.04 bits per heavy atom. The topological polar surface area (TPSA) is 63.5 Å². The second-order valence-corrected chi connectivity index (χ2v) is 7.24. The molecule has 1 aromatic carbocycles. The van der Waals surface area contributed by atoms with E-state index < -0.39 is 0 Å². The van der Waals surface area contributed by atoms with Crippen LogP contribution >= 0.6 is 0 Å². The Morgan fingerprint density at radius 3 is 2.70 bits per heavy atom. The number of rotatable bonds is 8. The van der Waals surface area contributed by atoms with E-state index in [1.54, 1.807) is 7.05 Å². The van der Waals surface area contributed by atoms with Gasteiger partial charge in [0.05, 0.1) is 12.3 Å². The lowest BCUT2D eigenvalue weighted by Crippen LogP contribution is -2.38. The van der Waals surface area contributed by atoms with Gasteiger partial charge >= 0.3 is 0 Å². The largest absolute Gasteiger partial charge is 0.493 e. The van der Waals surface area contributed by atoms with E-state index in [9.17, 15) is 0 Å². The Morgan fingerprint density at radius 1 is 1.26 bits per heavy atom. The molecule has 2 aromatic rings. The molecule has 27 heavy (non-hydrogen) atoms. The Balaban J connectivity index is 1.49. The van der Waals surface area contributed by atoms with Crippen LogP contribution in [0.5, 0.6) is 5.75 Å². The van der Waals surface area contributed by atoms with E-state index in [1.165, 1.54) is 24.1 Å². The van der Waals surface area contributed by atoms with Crippen molar-refractivity contribution in [1.29, 1.82) is 0 Å². The minimum atomic E-state index is 0.686. The molecule has 0 spiro atoms. The summed E-state index contributed by atoms with van der Waals surface area (Å²) >= 11 is 0. The molecule has 1 fully saturated rings. The van der Waals surface area contributed by atoms with Crippen LogP contribution in [0.25, 0.3) is 0 Å². The lowest BCUT2D eigenvalue weighted by Gasteiger charge is -2.15. The summed E-state index contributed by atoms with van der Waals surface area (Å²) < 4.78 is 7.93. The quantitative estimate of drug-likeness (QED) is 0.555. The minimum Gasteiger partial charge on any atom is -0.493 e. The molecule has 1 aliphatic rings. The summed E-state index contributed by atoms with van der Waals surface area (Å²) in [6.07, 6.45) is 3.52. The molecule has 1 aromatic heterocycles. The lowest BCUT2D eigenvalue weighted by atomic mass is 10.1. The molecule has 1 heterocycles. The van der Waals surface area contributed by atoms with Gasteiger partial charge in [-0.1, -0.05) is 18.2 Å². The molecule has 0 aliphatic heterocycles. The molecule has 2 N–H and O–H groups in total. The van der Waals surface area contributed by atoms with Crippen LogP contribution in [0.2, 0.25) is 0 Å². The number of para-hydroxylation sites is 1. The fraction of sp³-hybridized carbons (Fsp3) is 0.524. The molecule has 0 radical (unpaired) electrons. The second-order valence-electron chi connectivity index (χ2n) is 7.24. The fourth-order valence-electron chi connectivity index (χ4n) is 3.17. The molecule has 0 atom stereocenters. The van der Waals surface area contributed by atoms with Gasteiger partial charge in [-0.3, -0.25) is 9.67 Å². The Hall–Kier alpha value is -2.50. The molecule has 0 saturated heterocycles. The number of nitrogens with one attached hydrogen (secondary N) is 2. The second kappa shape index (κ2) is 8.93. The van der Waals surface area contributed by atoms with Gasteiger partial charge in [-0.05, 0) is 50.7 Å². The first-order chi connectivity index (χ1) is 13.1. The van der Waals surface area contributed by atoms with E-state index in [2.05, 4.69) is 40.6 Å². The van der Waals surface area contributed by atoms with E-state index >= 15 is 0 Å². The normalized spacial score (nSPS) is 14.3. The van der Waals surface area contributed by atoms with Crippen LogP contribution in [0.1, 0.15) is 35.4 Å². The van der Waals surface area contributed by atoms with Crippen LogP contribution in [0.3, 0.4) is 0 Å². The number of guanidine groups is 1. The van der Waals surface area contributed by atoms with Gasteiger partial charge in [0.1, 0.15) is 5.75 Å². The third-order valence-corrected chi connectivity index (χ3v) is 5.14. The number of benzene rings is 1. The Labute approximate surface area is 162 Å². The maximum absolute atomic E-state index is 5.99. The summed E-state index contributed by atoms with van der Waals surface area (Å²) in [5.74, 6) is 2.51. The first kappa shape index (κ1) is 19.3. The molecule has 6 nitrogen and oxygen atoms in total. The highest BCUT2D eigenvalue weighted by Gasteiger charge is 2.22. The molecule has 0 bridgehead atoms. The van der Waals surface area contributed by atoms with Crippen LogP contribution in [-0.4, -0.2) is 35.9 Å². The zero-order valence-electron chi connectivity index (χ0n) is 16.9. The minimum absolute atomic E-state index is 0.686. The number of nitrogens with zero attached hydrogens (tertiary/aromatic N) is 3. The van der Waals surface area contributed by atoms with Crippen LogP contribution in [0, 0.1) is 19.8 Å². The number of aromatic nitrogens is 2. The van der Waals surface area contributed by atoms with Gasteiger partial charge in [0.25, 0.3) is 0 Å². The van der Waals surface area contributed by atoms with Crippen molar-refractivity contribution >= 4 is 5.96 Å². The molecule has 1 saturated carbocycles. The Bertz CT molecular complexity index is 792. The third kappa shape index (κ3) is 5.25. The smallest absolute Gasteiger partial charge is 0.191 e. The van der Waals surface area contributed by atoms with Crippen LogP contribution in [-0.2, 0) is 20.0 Å². The number of aryl methyl sites for hydroxylation is 2. The van der Waals surface area contributed by atoms with Crippen LogP contribution < -0.4 is 15.4 Å². The highest BCUT2D eigenvalue weighted by Crippen LogP contribution is 2.30. The fourth-order valence-corrected chi connectivity index (χ4v) is 3.17. The van der Waals surface area contributed by atoms with Gasteiger partial charge in [0.15, 0.2) is 5.96 Å². The number of hydrogen-bond donors (Lipinski definition) is 2. The van der Waals surface area contributed by atoms with E-state index in [0.717, 1.165) is 48.5 Å². The summed E-state index contributed by atoms with van der Waals surface area (Å²) in [7, 11) is 3.79. The maximum atomic E-state index is 5.99.